The number of carbonyl (C=O) groups excluding carboxylic acids is 1. The van der Waals surface area contributed by atoms with E-state index < -0.39 is 4.92 Å². The SMILES string of the molecule is O=C(CNC1CCN(Cc2ccccc2)CC1)NN=Cc1ccc([N+](=O)[O-])cc1. The van der Waals surface area contributed by atoms with Crippen LogP contribution in [0, 0.1) is 10.1 Å². The van der Waals surface area contributed by atoms with Gasteiger partial charge in [-0.3, -0.25) is 19.8 Å². The average molecular weight is 395 g/mol. The zero-order valence-corrected chi connectivity index (χ0v) is 16.2. The molecule has 2 aromatic carbocycles. The summed E-state index contributed by atoms with van der Waals surface area (Å²) >= 11 is 0. The molecule has 1 saturated heterocycles. The molecule has 0 atom stereocenters. The first kappa shape index (κ1) is 20.6. The van der Waals surface area contributed by atoms with Crippen LogP contribution in [0.25, 0.3) is 0 Å². The van der Waals surface area contributed by atoms with E-state index in [-0.39, 0.29) is 18.1 Å². The molecule has 0 bridgehead atoms. The summed E-state index contributed by atoms with van der Waals surface area (Å²) < 4.78 is 0. The Morgan fingerprint density at radius 3 is 2.48 bits per heavy atom. The highest BCUT2D eigenvalue weighted by Crippen LogP contribution is 2.13. The summed E-state index contributed by atoms with van der Waals surface area (Å²) in [5.41, 5.74) is 4.49. The number of likely N-dealkylation sites (tertiary alicyclic amines) is 1. The topological polar surface area (TPSA) is 99.9 Å². The molecule has 0 saturated carbocycles. The fourth-order valence-corrected chi connectivity index (χ4v) is 3.27. The Bertz CT molecular complexity index is 831. The predicted octanol–water partition coefficient (Wildman–Crippen LogP) is 2.30. The van der Waals surface area contributed by atoms with Crippen LogP contribution in [-0.4, -0.2) is 47.6 Å². The van der Waals surface area contributed by atoms with Gasteiger partial charge in [0.1, 0.15) is 0 Å². The zero-order chi connectivity index (χ0) is 20.5. The Kier molecular flexibility index (Phi) is 7.43. The highest BCUT2D eigenvalue weighted by molar-refractivity contribution is 5.83. The van der Waals surface area contributed by atoms with Gasteiger partial charge in [0.15, 0.2) is 0 Å². The van der Waals surface area contributed by atoms with Crippen molar-refractivity contribution >= 4 is 17.8 Å². The van der Waals surface area contributed by atoms with Crippen LogP contribution in [0.15, 0.2) is 59.7 Å². The van der Waals surface area contributed by atoms with Gasteiger partial charge in [-0.15, -0.1) is 0 Å². The van der Waals surface area contributed by atoms with Crippen molar-refractivity contribution in [3.05, 3.63) is 75.8 Å². The Morgan fingerprint density at radius 2 is 1.83 bits per heavy atom. The van der Waals surface area contributed by atoms with Gasteiger partial charge in [-0.25, -0.2) is 5.43 Å². The van der Waals surface area contributed by atoms with Gasteiger partial charge in [0, 0.05) is 24.7 Å². The van der Waals surface area contributed by atoms with Crippen molar-refractivity contribution in [1.82, 2.24) is 15.6 Å². The summed E-state index contributed by atoms with van der Waals surface area (Å²) in [5, 5.41) is 17.8. The second-order valence-corrected chi connectivity index (χ2v) is 7.06. The highest BCUT2D eigenvalue weighted by Gasteiger charge is 2.19. The van der Waals surface area contributed by atoms with Crippen molar-refractivity contribution in [2.75, 3.05) is 19.6 Å². The molecular weight excluding hydrogens is 370 g/mol. The van der Waals surface area contributed by atoms with Gasteiger partial charge in [-0.05, 0) is 49.2 Å². The van der Waals surface area contributed by atoms with Crippen molar-refractivity contribution in [3.8, 4) is 0 Å². The van der Waals surface area contributed by atoms with Crippen molar-refractivity contribution in [1.29, 1.82) is 0 Å². The van der Waals surface area contributed by atoms with Gasteiger partial charge in [0.05, 0.1) is 17.7 Å². The molecule has 1 amide bonds. The summed E-state index contributed by atoms with van der Waals surface area (Å²) in [5.74, 6) is -0.213. The molecule has 29 heavy (non-hydrogen) atoms. The van der Waals surface area contributed by atoms with Gasteiger partial charge in [0.2, 0.25) is 0 Å². The third-order valence-corrected chi connectivity index (χ3v) is 4.89. The first-order valence-corrected chi connectivity index (χ1v) is 9.66. The van der Waals surface area contributed by atoms with Gasteiger partial charge in [-0.1, -0.05) is 30.3 Å². The summed E-state index contributed by atoms with van der Waals surface area (Å²) in [6, 6.07) is 16.7. The summed E-state index contributed by atoms with van der Waals surface area (Å²) in [4.78, 5) is 24.5. The molecule has 2 aromatic rings. The van der Waals surface area contributed by atoms with Crippen LogP contribution in [0.1, 0.15) is 24.0 Å². The van der Waals surface area contributed by atoms with E-state index in [1.54, 1.807) is 12.1 Å². The van der Waals surface area contributed by atoms with E-state index in [1.165, 1.54) is 23.9 Å². The van der Waals surface area contributed by atoms with E-state index in [0.29, 0.717) is 11.6 Å². The summed E-state index contributed by atoms with van der Waals surface area (Å²) in [6.45, 7) is 3.19. The van der Waals surface area contributed by atoms with Crippen LogP contribution in [-0.2, 0) is 11.3 Å². The van der Waals surface area contributed by atoms with Gasteiger partial charge < -0.3 is 5.32 Å². The molecule has 0 spiro atoms. The lowest BCUT2D eigenvalue weighted by molar-refractivity contribution is -0.384. The molecule has 0 radical (unpaired) electrons. The Morgan fingerprint density at radius 1 is 1.14 bits per heavy atom. The lowest BCUT2D eigenvalue weighted by atomic mass is 10.0. The van der Waals surface area contributed by atoms with Crippen molar-refractivity contribution in [2.45, 2.75) is 25.4 Å². The number of piperidine rings is 1. The van der Waals surface area contributed by atoms with Crippen LogP contribution < -0.4 is 10.7 Å². The van der Waals surface area contributed by atoms with Crippen molar-refractivity contribution in [3.63, 3.8) is 0 Å². The number of nitrogens with one attached hydrogen (secondary N) is 2. The lowest BCUT2D eigenvalue weighted by Gasteiger charge is -2.32. The lowest BCUT2D eigenvalue weighted by Crippen LogP contribution is -2.45. The average Bonchev–Trinajstić information content (AvgIpc) is 2.74. The quantitative estimate of drug-likeness (QED) is 0.406. The molecule has 8 heteroatoms. The van der Waals surface area contributed by atoms with Crippen LogP contribution >= 0.6 is 0 Å². The predicted molar refractivity (Wildman–Crippen MR) is 112 cm³/mol. The molecule has 1 aliphatic heterocycles. The van der Waals surface area contributed by atoms with E-state index in [4.69, 9.17) is 0 Å². The number of carbonyl (C=O) groups is 1. The Hall–Kier alpha value is -3.10. The molecule has 0 aliphatic carbocycles. The third-order valence-electron chi connectivity index (χ3n) is 4.89. The zero-order valence-electron chi connectivity index (χ0n) is 16.2. The number of amides is 1. The monoisotopic (exact) mass is 395 g/mol. The Labute approximate surface area is 169 Å². The minimum Gasteiger partial charge on any atom is -0.305 e. The first-order valence-electron chi connectivity index (χ1n) is 9.66. The smallest absolute Gasteiger partial charge is 0.269 e. The molecule has 1 heterocycles. The van der Waals surface area contributed by atoms with Crippen LogP contribution in [0.3, 0.4) is 0 Å². The number of nitro groups is 1. The van der Waals surface area contributed by atoms with Gasteiger partial charge >= 0.3 is 0 Å². The molecule has 3 rings (SSSR count). The number of non-ortho nitro benzene ring substituents is 1. The molecule has 8 nitrogen and oxygen atoms in total. The molecule has 1 aliphatic rings. The molecular formula is C21H25N5O3. The second-order valence-electron chi connectivity index (χ2n) is 7.06. The largest absolute Gasteiger partial charge is 0.305 e. The number of hydrogen-bond donors (Lipinski definition) is 2. The number of hydrogen-bond acceptors (Lipinski definition) is 6. The molecule has 0 unspecified atom stereocenters. The number of hydrazone groups is 1. The normalized spacial score (nSPS) is 15.4. The van der Waals surface area contributed by atoms with E-state index in [0.717, 1.165) is 32.5 Å². The minimum absolute atomic E-state index is 0.0187. The maximum atomic E-state index is 11.9. The van der Waals surface area contributed by atoms with E-state index in [2.05, 4.69) is 45.0 Å². The van der Waals surface area contributed by atoms with Gasteiger partial charge in [0.25, 0.3) is 11.6 Å². The molecule has 1 fully saturated rings. The third kappa shape index (κ3) is 6.78. The second kappa shape index (κ2) is 10.4. The highest BCUT2D eigenvalue weighted by atomic mass is 16.6. The standard InChI is InChI=1S/C21H25N5O3/c27-21(24-23-14-17-6-8-20(9-7-17)26(28)29)15-22-19-10-12-25(13-11-19)16-18-4-2-1-3-5-18/h1-9,14,19,22H,10-13,15-16H2,(H,24,27). The fraction of sp³-hybridized carbons (Fsp3) is 0.333. The van der Waals surface area contributed by atoms with E-state index in [9.17, 15) is 14.9 Å². The summed E-state index contributed by atoms with van der Waals surface area (Å²) in [7, 11) is 0. The van der Waals surface area contributed by atoms with Crippen LogP contribution in [0.5, 0.6) is 0 Å². The fourth-order valence-electron chi connectivity index (χ4n) is 3.27. The van der Waals surface area contributed by atoms with E-state index >= 15 is 0 Å². The van der Waals surface area contributed by atoms with Gasteiger partial charge in [-0.2, -0.15) is 5.10 Å². The van der Waals surface area contributed by atoms with Crippen LogP contribution in [0.2, 0.25) is 0 Å². The molecule has 0 aromatic heterocycles. The van der Waals surface area contributed by atoms with Crippen LogP contribution in [0.4, 0.5) is 5.69 Å². The molecule has 152 valence electrons. The minimum atomic E-state index is -0.458. The van der Waals surface area contributed by atoms with Crippen molar-refractivity contribution in [2.24, 2.45) is 5.10 Å². The maximum absolute atomic E-state index is 11.9. The first-order chi connectivity index (χ1) is 14.1. The number of benzene rings is 2. The number of nitrogens with zero attached hydrogens (tertiary/aromatic N) is 3. The number of rotatable bonds is 8. The van der Waals surface area contributed by atoms with E-state index in [1.807, 2.05) is 6.07 Å². The molecule has 2 N–H and O–H groups in total. The maximum Gasteiger partial charge on any atom is 0.269 e. The summed E-state index contributed by atoms with van der Waals surface area (Å²) in [6.07, 6.45) is 3.47. The van der Waals surface area contributed by atoms with Crippen molar-refractivity contribution < 1.29 is 9.72 Å². The number of nitro benzene ring substituents is 1. The Balaban J connectivity index is 1.33.